The van der Waals surface area contributed by atoms with Crippen molar-refractivity contribution in [3.8, 4) is 0 Å². The minimum atomic E-state index is -1.00. The Morgan fingerprint density at radius 3 is 2.42 bits per heavy atom. The number of amides is 1. The van der Waals surface area contributed by atoms with E-state index in [-0.39, 0.29) is 11.3 Å². The van der Waals surface area contributed by atoms with Gasteiger partial charge in [0.2, 0.25) is 0 Å². The number of anilines is 1. The molecular weight excluding hydrogens is 338 g/mol. The van der Waals surface area contributed by atoms with E-state index in [1.54, 1.807) is 6.07 Å². The molecule has 1 aromatic carbocycles. The summed E-state index contributed by atoms with van der Waals surface area (Å²) in [5.74, 6) is -1.19. The van der Waals surface area contributed by atoms with Crippen molar-refractivity contribution in [1.82, 2.24) is 5.32 Å². The summed E-state index contributed by atoms with van der Waals surface area (Å²) < 4.78 is 5.16. The summed E-state index contributed by atoms with van der Waals surface area (Å²) in [6.45, 7) is 8.44. The average Bonchev–Trinajstić information content (AvgIpc) is 3.06. The number of nitro benzene ring substituents is 1. The Balaban J connectivity index is 2.15. The zero-order valence-corrected chi connectivity index (χ0v) is 15.6. The first-order valence-electron chi connectivity index (χ1n) is 8.65. The average molecular weight is 363 g/mol. The SMILES string of the molecule is CC(OC(=O)c1ccc(N2CCCC2)c([N+](=O)[O-])c1)C(=O)NC(C)(C)C. The number of rotatable bonds is 5. The molecule has 8 heteroatoms. The Morgan fingerprint density at radius 1 is 1.27 bits per heavy atom. The lowest BCUT2D eigenvalue weighted by atomic mass is 10.1. The van der Waals surface area contributed by atoms with E-state index in [2.05, 4.69) is 5.32 Å². The van der Waals surface area contributed by atoms with Gasteiger partial charge in [0.25, 0.3) is 11.6 Å². The quantitative estimate of drug-likeness (QED) is 0.490. The first-order valence-corrected chi connectivity index (χ1v) is 8.65. The van der Waals surface area contributed by atoms with E-state index in [1.807, 2.05) is 25.7 Å². The molecule has 0 aromatic heterocycles. The highest BCUT2D eigenvalue weighted by Gasteiger charge is 2.26. The molecule has 0 spiro atoms. The van der Waals surface area contributed by atoms with Gasteiger partial charge in [-0.05, 0) is 52.7 Å². The van der Waals surface area contributed by atoms with Gasteiger partial charge < -0.3 is 15.0 Å². The monoisotopic (exact) mass is 363 g/mol. The molecule has 26 heavy (non-hydrogen) atoms. The van der Waals surface area contributed by atoms with E-state index in [0.29, 0.717) is 5.69 Å². The van der Waals surface area contributed by atoms with Gasteiger partial charge in [-0.1, -0.05) is 0 Å². The topological polar surface area (TPSA) is 102 Å². The minimum Gasteiger partial charge on any atom is -0.449 e. The fourth-order valence-corrected chi connectivity index (χ4v) is 2.78. The Bertz CT molecular complexity index is 705. The molecule has 1 aliphatic rings. The summed E-state index contributed by atoms with van der Waals surface area (Å²) in [7, 11) is 0. The maximum absolute atomic E-state index is 12.3. The molecular formula is C18H25N3O5. The zero-order chi connectivity index (χ0) is 19.5. The molecule has 1 unspecified atom stereocenters. The number of esters is 1. The first-order chi connectivity index (χ1) is 12.1. The summed E-state index contributed by atoms with van der Waals surface area (Å²) in [6.07, 6.45) is 0.974. The number of carbonyl (C=O) groups is 2. The highest BCUT2D eigenvalue weighted by molar-refractivity contribution is 5.93. The molecule has 0 radical (unpaired) electrons. The van der Waals surface area contributed by atoms with Crippen LogP contribution in [0.3, 0.4) is 0 Å². The number of carbonyl (C=O) groups excluding carboxylic acids is 2. The van der Waals surface area contributed by atoms with E-state index in [4.69, 9.17) is 4.74 Å². The van der Waals surface area contributed by atoms with Crippen molar-refractivity contribution in [2.24, 2.45) is 0 Å². The van der Waals surface area contributed by atoms with E-state index in [1.165, 1.54) is 19.1 Å². The normalized spacial score (nSPS) is 15.5. The predicted molar refractivity (Wildman–Crippen MR) is 97.3 cm³/mol. The van der Waals surface area contributed by atoms with Gasteiger partial charge >= 0.3 is 5.97 Å². The second-order valence-electron chi connectivity index (χ2n) is 7.44. The first kappa shape index (κ1) is 19.7. The highest BCUT2D eigenvalue weighted by Crippen LogP contribution is 2.31. The van der Waals surface area contributed by atoms with Gasteiger partial charge in [0.15, 0.2) is 6.10 Å². The molecule has 1 heterocycles. The summed E-state index contributed by atoms with van der Waals surface area (Å²) in [5, 5.41) is 14.1. The van der Waals surface area contributed by atoms with Gasteiger partial charge in [-0.15, -0.1) is 0 Å². The molecule has 2 rings (SSSR count). The van der Waals surface area contributed by atoms with E-state index < -0.39 is 28.4 Å². The lowest BCUT2D eigenvalue weighted by molar-refractivity contribution is -0.384. The molecule has 142 valence electrons. The van der Waals surface area contributed by atoms with Crippen LogP contribution in [0.25, 0.3) is 0 Å². The molecule has 1 N–H and O–H groups in total. The molecule has 1 aliphatic heterocycles. The van der Waals surface area contributed by atoms with Crippen molar-refractivity contribution < 1.29 is 19.2 Å². The number of ether oxygens (including phenoxy) is 1. The van der Waals surface area contributed by atoms with E-state index in [0.717, 1.165) is 25.9 Å². The van der Waals surface area contributed by atoms with Crippen molar-refractivity contribution in [1.29, 1.82) is 0 Å². The summed E-state index contributed by atoms with van der Waals surface area (Å²) in [5.41, 5.74) is -0.0285. The molecule has 1 amide bonds. The number of benzene rings is 1. The molecule has 1 fully saturated rings. The number of hydrogen-bond donors (Lipinski definition) is 1. The van der Waals surface area contributed by atoms with E-state index in [9.17, 15) is 19.7 Å². The minimum absolute atomic E-state index is 0.0510. The van der Waals surface area contributed by atoms with Crippen LogP contribution in [0.15, 0.2) is 18.2 Å². The maximum atomic E-state index is 12.3. The van der Waals surface area contributed by atoms with Gasteiger partial charge in [0.1, 0.15) is 5.69 Å². The molecule has 1 saturated heterocycles. The smallest absolute Gasteiger partial charge is 0.339 e. The van der Waals surface area contributed by atoms with Crippen molar-refractivity contribution in [3.05, 3.63) is 33.9 Å². The van der Waals surface area contributed by atoms with Crippen molar-refractivity contribution >= 4 is 23.3 Å². The van der Waals surface area contributed by atoms with Crippen LogP contribution < -0.4 is 10.2 Å². The predicted octanol–water partition coefficient (Wildman–Crippen LogP) is 2.66. The second-order valence-corrected chi connectivity index (χ2v) is 7.44. The molecule has 0 bridgehead atoms. The van der Waals surface area contributed by atoms with Crippen LogP contribution in [0.1, 0.15) is 50.9 Å². The highest BCUT2D eigenvalue weighted by atomic mass is 16.6. The molecule has 8 nitrogen and oxygen atoms in total. The number of hydrogen-bond acceptors (Lipinski definition) is 6. The van der Waals surface area contributed by atoms with Gasteiger partial charge in [-0.2, -0.15) is 0 Å². The van der Waals surface area contributed by atoms with Crippen molar-refractivity contribution in [3.63, 3.8) is 0 Å². The second kappa shape index (κ2) is 7.72. The fraction of sp³-hybridized carbons (Fsp3) is 0.556. The molecule has 1 atom stereocenters. The van der Waals surface area contributed by atoms with Crippen LogP contribution in [0.2, 0.25) is 0 Å². The standard InChI is InChI=1S/C18H25N3O5/c1-12(16(22)19-18(2,3)4)26-17(23)13-7-8-14(15(11-13)21(24)25)20-9-5-6-10-20/h7-8,11-12H,5-6,9-10H2,1-4H3,(H,19,22). The van der Waals surface area contributed by atoms with Crippen LogP contribution in [0, 0.1) is 10.1 Å². The third-order valence-corrected chi connectivity index (χ3v) is 4.01. The van der Waals surface area contributed by atoms with Gasteiger partial charge in [-0.25, -0.2) is 4.79 Å². The van der Waals surface area contributed by atoms with Crippen molar-refractivity contribution in [2.45, 2.75) is 52.2 Å². The summed E-state index contributed by atoms with van der Waals surface area (Å²) in [4.78, 5) is 37.2. The summed E-state index contributed by atoms with van der Waals surface area (Å²) in [6, 6.07) is 4.28. The van der Waals surface area contributed by atoms with Gasteiger partial charge in [0.05, 0.1) is 10.5 Å². The lowest BCUT2D eigenvalue weighted by Gasteiger charge is -2.23. The Morgan fingerprint density at radius 2 is 1.88 bits per heavy atom. The maximum Gasteiger partial charge on any atom is 0.339 e. The fourth-order valence-electron chi connectivity index (χ4n) is 2.78. The van der Waals surface area contributed by atoms with Crippen LogP contribution in [0.5, 0.6) is 0 Å². The molecule has 0 aliphatic carbocycles. The van der Waals surface area contributed by atoms with Crippen LogP contribution in [-0.4, -0.2) is 41.5 Å². The Labute approximate surface area is 152 Å². The van der Waals surface area contributed by atoms with Crippen molar-refractivity contribution in [2.75, 3.05) is 18.0 Å². The number of nitrogens with zero attached hydrogens (tertiary/aromatic N) is 2. The number of nitro groups is 1. The van der Waals surface area contributed by atoms with Crippen LogP contribution in [-0.2, 0) is 9.53 Å². The van der Waals surface area contributed by atoms with Crippen LogP contribution >= 0.6 is 0 Å². The summed E-state index contributed by atoms with van der Waals surface area (Å²) >= 11 is 0. The van der Waals surface area contributed by atoms with E-state index >= 15 is 0 Å². The van der Waals surface area contributed by atoms with Gasteiger partial charge in [-0.3, -0.25) is 14.9 Å². The largest absolute Gasteiger partial charge is 0.449 e. The number of nitrogens with one attached hydrogen (secondary N) is 1. The molecule has 1 aromatic rings. The lowest BCUT2D eigenvalue weighted by Crippen LogP contribution is -2.46. The Kier molecular flexibility index (Phi) is 5.84. The third-order valence-electron chi connectivity index (χ3n) is 4.01. The van der Waals surface area contributed by atoms with Crippen LogP contribution in [0.4, 0.5) is 11.4 Å². The third kappa shape index (κ3) is 4.93. The molecule has 0 saturated carbocycles. The van der Waals surface area contributed by atoms with Gasteiger partial charge in [0, 0.05) is 24.7 Å². The Hall–Kier alpha value is -2.64. The zero-order valence-electron chi connectivity index (χ0n) is 15.6.